The Morgan fingerprint density at radius 1 is 0.889 bits per heavy atom. The van der Waals surface area contributed by atoms with Crippen LogP contribution in [0.5, 0.6) is 0 Å². The van der Waals surface area contributed by atoms with Gasteiger partial charge in [0.2, 0.25) is 0 Å². The third kappa shape index (κ3) is 6.20. The van der Waals surface area contributed by atoms with Crippen molar-refractivity contribution in [1.82, 2.24) is 5.32 Å². The Morgan fingerprint density at radius 3 is 2.03 bits per heavy atom. The Morgan fingerprint density at radius 2 is 1.53 bits per heavy atom. The molecule has 0 aromatic heterocycles. The van der Waals surface area contributed by atoms with E-state index in [1.54, 1.807) is 0 Å². The molecule has 0 heterocycles. The molecule has 0 saturated heterocycles. The van der Waals surface area contributed by atoms with Gasteiger partial charge in [-0.3, -0.25) is 4.79 Å². The van der Waals surface area contributed by atoms with Gasteiger partial charge < -0.3 is 10.1 Å². The molecule has 1 N–H and O–H groups in total. The Balaban J connectivity index is 0.000000303. The normalized spacial score (nSPS) is 12.9. The van der Waals surface area contributed by atoms with Crippen LogP contribution in [0.4, 0.5) is 0 Å². The summed E-state index contributed by atoms with van der Waals surface area (Å²) in [6.07, 6.45) is 9.34. The smallest absolute Gasteiger partial charge is 0.151 e. The molecule has 3 nitrogen and oxygen atoms in total. The summed E-state index contributed by atoms with van der Waals surface area (Å²) in [5.41, 5.74) is 11.9. The summed E-state index contributed by atoms with van der Waals surface area (Å²) in [7, 11) is 1.94. The van der Waals surface area contributed by atoms with Crippen molar-refractivity contribution < 1.29 is 9.59 Å². The summed E-state index contributed by atoms with van der Waals surface area (Å²) in [6, 6.07) is 16.9. The predicted molar refractivity (Wildman–Crippen MR) is 152 cm³/mol. The molecule has 2 aliphatic carbocycles. The Hall–Kier alpha value is -3.04. The third-order valence-electron chi connectivity index (χ3n) is 7.09. The molecule has 0 atom stereocenters. The van der Waals surface area contributed by atoms with Gasteiger partial charge >= 0.3 is 0 Å². The summed E-state index contributed by atoms with van der Waals surface area (Å²) in [4.78, 5) is 21.8. The SMILES string of the molecule is CCCCC.CNCc1c(C=O)c2c(c(C)c1-c1ccccc1C)Cc1ccccc1-2.O=CC1CC1. The molecule has 0 radical (unpaired) electrons. The quantitative estimate of drug-likeness (QED) is 0.272. The van der Waals surface area contributed by atoms with E-state index in [-0.39, 0.29) is 0 Å². The molecule has 3 aromatic rings. The average Bonchev–Trinajstić information content (AvgIpc) is 3.66. The zero-order valence-electron chi connectivity index (χ0n) is 22.6. The van der Waals surface area contributed by atoms with Crippen molar-refractivity contribution in [3.8, 4) is 22.3 Å². The number of aryl methyl sites for hydroxylation is 1. The molecule has 0 spiro atoms. The lowest BCUT2D eigenvalue weighted by atomic mass is 9.83. The number of nitrogens with one attached hydrogen (secondary N) is 1. The van der Waals surface area contributed by atoms with Gasteiger partial charge in [0, 0.05) is 18.0 Å². The molecule has 2 aliphatic rings. The van der Waals surface area contributed by atoms with E-state index in [0.717, 1.165) is 48.5 Å². The van der Waals surface area contributed by atoms with Crippen LogP contribution in [0.1, 0.15) is 84.1 Å². The maximum Gasteiger partial charge on any atom is 0.151 e. The molecular formula is C33H41NO2. The minimum absolute atomic E-state index is 0.454. The molecule has 0 amide bonds. The highest BCUT2D eigenvalue weighted by Gasteiger charge is 2.28. The van der Waals surface area contributed by atoms with Gasteiger partial charge in [0.1, 0.15) is 6.29 Å². The van der Waals surface area contributed by atoms with Crippen LogP contribution >= 0.6 is 0 Å². The molecule has 1 fully saturated rings. The third-order valence-corrected chi connectivity index (χ3v) is 7.09. The standard InChI is InChI=1S/C24H23NO.C5H12.C4H6O/c1-15-8-4-6-10-18(15)23-16(2)20-12-17-9-5-7-11-19(17)24(20)22(14-26)21(23)13-25-3;1-3-5-4-2;5-3-4-1-2-4/h4-11,14,25H,12-13H2,1-3H3;3-5H2,1-2H3;3-4H,1-2H2. The molecule has 190 valence electrons. The number of rotatable bonds is 7. The Bertz CT molecular complexity index is 1190. The van der Waals surface area contributed by atoms with E-state index in [1.807, 2.05) is 7.05 Å². The summed E-state index contributed by atoms with van der Waals surface area (Å²) in [6.45, 7) is 9.45. The zero-order valence-corrected chi connectivity index (χ0v) is 22.6. The van der Waals surface area contributed by atoms with Gasteiger partial charge in [0.05, 0.1) is 0 Å². The molecule has 1 saturated carbocycles. The Labute approximate surface area is 217 Å². The van der Waals surface area contributed by atoms with Crippen molar-refractivity contribution in [3.05, 3.63) is 81.9 Å². The van der Waals surface area contributed by atoms with Gasteiger partial charge in [0.25, 0.3) is 0 Å². The van der Waals surface area contributed by atoms with Crippen LogP contribution in [0.2, 0.25) is 0 Å². The van der Waals surface area contributed by atoms with Gasteiger partial charge in [-0.1, -0.05) is 81.6 Å². The van der Waals surface area contributed by atoms with E-state index >= 15 is 0 Å². The first-order chi connectivity index (χ1) is 17.5. The summed E-state index contributed by atoms with van der Waals surface area (Å²) in [5.74, 6) is 0.454. The van der Waals surface area contributed by atoms with E-state index in [1.165, 1.54) is 58.2 Å². The predicted octanol–water partition coefficient (Wildman–Crippen LogP) is 7.87. The number of carbonyl (C=O) groups excluding carboxylic acids is 2. The second-order valence-corrected chi connectivity index (χ2v) is 9.87. The Kier molecular flexibility index (Phi) is 10.2. The second-order valence-electron chi connectivity index (χ2n) is 9.87. The maximum atomic E-state index is 12.2. The molecule has 0 unspecified atom stereocenters. The summed E-state index contributed by atoms with van der Waals surface area (Å²) >= 11 is 0. The molecule has 3 heteroatoms. The first-order valence-electron chi connectivity index (χ1n) is 13.4. The van der Waals surface area contributed by atoms with Crippen LogP contribution < -0.4 is 5.32 Å². The van der Waals surface area contributed by atoms with Crippen LogP contribution in [0, 0.1) is 19.8 Å². The first-order valence-corrected chi connectivity index (χ1v) is 13.4. The fraction of sp³-hybridized carbons (Fsp3) is 0.394. The van der Waals surface area contributed by atoms with Crippen molar-refractivity contribution in [3.63, 3.8) is 0 Å². The average molecular weight is 484 g/mol. The number of hydrogen-bond donors (Lipinski definition) is 1. The highest BCUT2D eigenvalue weighted by Crippen LogP contribution is 2.46. The van der Waals surface area contributed by atoms with Gasteiger partial charge in [0.15, 0.2) is 6.29 Å². The molecule has 3 aromatic carbocycles. The van der Waals surface area contributed by atoms with Gasteiger partial charge in [-0.25, -0.2) is 0 Å². The van der Waals surface area contributed by atoms with Crippen LogP contribution in [0.15, 0.2) is 48.5 Å². The molecular weight excluding hydrogens is 442 g/mol. The van der Waals surface area contributed by atoms with Crippen LogP contribution in [-0.4, -0.2) is 19.6 Å². The van der Waals surface area contributed by atoms with E-state index in [0.29, 0.717) is 12.5 Å². The number of fused-ring (bicyclic) bond motifs is 3. The van der Waals surface area contributed by atoms with Crippen LogP contribution in [0.3, 0.4) is 0 Å². The molecule has 5 rings (SSSR count). The first kappa shape index (κ1) is 27.5. The minimum atomic E-state index is 0.454. The van der Waals surface area contributed by atoms with Crippen molar-refractivity contribution in [2.45, 2.75) is 72.8 Å². The van der Waals surface area contributed by atoms with Crippen LogP contribution in [0.25, 0.3) is 22.3 Å². The van der Waals surface area contributed by atoms with Crippen molar-refractivity contribution in [2.75, 3.05) is 7.05 Å². The molecule has 0 bridgehead atoms. The highest BCUT2D eigenvalue weighted by atomic mass is 16.1. The van der Waals surface area contributed by atoms with Gasteiger partial charge in [-0.15, -0.1) is 0 Å². The second kappa shape index (κ2) is 13.3. The van der Waals surface area contributed by atoms with Crippen molar-refractivity contribution >= 4 is 12.6 Å². The molecule has 36 heavy (non-hydrogen) atoms. The zero-order chi connectivity index (χ0) is 26.1. The fourth-order valence-corrected chi connectivity index (χ4v) is 4.94. The maximum absolute atomic E-state index is 12.2. The largest absolute Gasteiger partial charge is 0.316 e. The van der Waals surface area contributed by atoms with Gasteiger partial charge in [-0.05, 0) is 90.2 Å². The number of hydrogen-bond acceptors (Lipinski definition) is 3. The molecule has 0 aliphatic heterocycles. The number of carbonyl (C=O) groups is 2. The summed E-state index contributed by atoms with van der Waals surface area (Å²) in [5, 5.41) is 3.27. The monoisotopic (exact) mass is 483 g/mol. The topological polar surface area (TPSA) is 46.2 Å². The number of aldehydes is 2. The lowest BCUT2D eigenvalue weighted by molar-refractivity contribution is -0.108. The minimum Gasteiger partial charge on any atom is -0.316 e. The van der Waals surface area contributed by atoms with E-state index in [4.69, 9.17) is 0 Å². The van der Waals surface area contributed by atoms with Gasteiger partial charge in [-0.2, -0.15) is 0 Å². The van der Waals surface area contributed by atoms with Crippen molar-refractivity contribution in [1.29, 1.82) is 0 Å². The summed E-state index contributed by atoms with van der Waals surface area (Å²) < 4.78 is 0. The lowest BCUT2D eigenvalue weighted by Gasteiger charge is -2.21. The van der Waals surface area contributed by atoms with Crippen LogP contribution in [-0.2, 0) is 17.8 Å². The van der Waals surface area contributed by atoms with E-state index in [9.17, 15) is 9.59 Å². The fourth-order valence-electron chi connectivity index (χ4n) is 4.94. The lowest BCUT2D eigenvalue weighted by Crippen LogP contribution is -2.12. The number of benzene rings is 3. The highest BCUT2D eigenvalue weighted by molar-refractivity contribution is 5.99. The van der Waals surface area contributed by atoms with E-state index in [2.05, 4.69) is 81.5 Å². The number of unbranched alkanes of at least 4 members (excludes halogenated alkanes) is 2. The van der Waals surface area contributed by atoms with E-state index < -0.39 is 0 Å². The van der Waals surface area contributed by atoms with Crippen molar-refractivity contribution in [2.24, 2.45) is 5.92 Å².